The van der Waals surface area contributed by atoms with Crippen molar-refractivity contribution >= 4 is 0 Å². The second-order valence-corrected chi connectivity index (χ2v) is 8.00. The maximum Gasteiger partial charge on any atom is 0.0596 e. The summed E-state index contributed by atoms with van der Waals surface area (Å²) in [5.41, 5.74) is 0.361. The summed E-state index contributed by atoms with van der Waals surface area (Å²) in [7, 11) is 0. The van der Waals surface area contributed by atoms with Gasteiger partial charge < -0.3 is 5.11 Å². The molecular formula is C18H32O. The van der Waals surface area contributed by atoms with Gasteiger partial charge in [-0.15, -0.1) is 0 Å². The van der Waals surface area contributed by atoms with Gasteiger partial charge in [0.1, 0.15) is 0 Å². The van der Waals surface area contributed by atoms with Gasteiger partial charge in [0.05, 0.1) is 6.10 Å². The normalized spacial score (nSPS) is 41.7. The second-order valence-electron chi connectivity index (χ2n) is 8.00. The van der Waals surface area contributed by atoms with Crippen LogP contribution >= 0.6 is 0 Å². The SMILES string of the molecule is CCCCCCCC(O)C12CC3CC(CC(C3)C1)C2. The standard InChI is InChI=1S/C18H32O/c1-2-3-4-5-6-7-17(19)18-11-14-8-15(12-18)10-16(9-14)13-18/h14-17,19H,2-13H2,1H3. The Bertz CT molecular complexity index is 261. The van der Waals surface area contributed by atoms with E-state index >= 15 is 0 Å². The lowest BCUT2D eigenvalue weighted by molar-refractivity contribution is -0.122. The predicted octanol–water partition coefficient (Wildman–Crippen LogP) is 4.92. The molecule has 0 heterocycles. The molecule has 1 N–H and O–H groups in total. The molecule has 4 saturated carbocycles. The summed E-state index contributed by atoms with van der Waals surface area (Å²) < 4.78 is 0. The fraction of sp³-hybridized carbons (Fsp3) is 1.00. The van der Waals surface area contributed by atoms with Crippen molar-refractivity contribution in [1.29, 1.82) is 0 Å². The van der Waals surface area contributed by atoms with Crippen molar-refractivity contribution in [2.24, 2.45) is 23.2 Å². The molecule has 0 aromatic rings. The molecule has 0 radical (unpaired) electrons. The summed E-state index contributed by atoms with van der Waals surface area (Å²) in [5.74, 6) is 2.92. The van der Waals surface area contributed by atoms with Crippen molar-refractivity contribution in [3.8, 4) is 0 Å². The first-order chi connectivity index (χ1) is 9.22. The summed E-state index contributed by atoms with van der Waals surface area (Å²) in [6.45, 7) is 2.27. The van der Waals surface area contributed by atoms with Crippen LogP contribution in [0.25, 0.3) is 0 Å². The van der Waals surface area contributed by atoms with E-state index in [4.69, 9.17) is 0 Å². The first kappa shape index (κ1) is 13.9. The van der Waals surface area contributed by atoms with Gasteiger partial charge in [-0.3, -0.25) is 0 Å². The molecule has 0 aromatic carbocycles. The Kier molecular flexibility index (Phi) is 4.22. The van der Waals surface area contributed by atoms with Gasteiger partial charge in [-0.1, -0.05) is 39.0 Å². The summed E-state index contributed by atoms with van der Waals surface area (Å²) in [6.07, 6.45) is 16.3. The molecule has 19 heavy (non-hydrogen) atoms. The smallest absolute Gasteiger partial charge is 0.0596 e. The molecule has 110 valence electrons. The molecule has 4 aliphatic carbocycles. The Hall–Kier alpha value is -0.0400. The van der Waals surface area contributed by atoms with Gasteiger partial charge in [0.15, 0.2) is 0 Å². The molecule has 1 atom stereocenters. The topological polar surface area (TPSA) is 20.2 Å². The van der Waals surface area contributed by atoms with E-state index in [2.05, 4.69) is 6.92 Å². The monoisotopic (exact) mass is 264 g/mol. The zero-order valence-corrected chi connectivity index (χ0v) is 12.7. The molecule has 4 bridgehead atoms. The summed E-state index contributed by atoms with van der Waals surface area (Å²) in [5, 5.41) is 10.8. The number of rotatable bonds is 7. The van der Waals surface area contributed by atoms with E-state index in [1.165, 1.54) is 70.6 Å². The molecule has 0 amide bonds. The van der Waals surface area contributed by atoms with Gasteiger partial charge in [-0.2, -0.15) is 0 Å². The van der Waals surface area contributed by atoms with Crippen LogP contribution < -0.4 is 0 Å². The lowest BCUT2D eigenvalue weighted by Crippen LogP contribution is -2.51. The van der Waals surface area contributed by atoms with Crippen LogP contribution in [0.15, 0.2) is 0 Å². The molecule has 4 fully saturated rings. The quantitative estimate of drug-likeness (QED) is 0.647. The fourth-order valence-corrected chi connectivity index (χ4v) is 5.83. The van der Waals surface area contributed by atoms with Crippen molar-refractivity contribution < 1.29 is 5.11 Å². The van der Waals surface area contributed by atoms with Crippen LogP contribution in [-0.4, -0.2) is 11.2 Å². The molecule has 0 spiro atoms. The zero-order chi connectivity index (χ0) is 13.3. The Morgan fingerprint density at radius 3 is 1.95 bits per heavy atom. The highest BCUT2D eigenvalue weighted by Crippen LogP contribution is 2.61. The molecule has 1 unspecified atom stereocenters. The third kappa shape index (κ3) is 2.86. The molecule has 0 aromatic heterocycles. The molecule has 4 aliphatic rings. The zero-order valence-electron chi connectivity index (χ0n) is 12.7. The van der Waals surface area contributed by atoms with Crippen LogP contribution in [0.4, 0.5) is 0 Å². The molecule has 1 heteroatoms. The van der Waals surface area contributed by atoms with E-state index in [1.54, 1.807) is 0 Å². The van der Waals surface area contributed by atoms with Gasteiger partial charge in [-0.05, 0) is 68.1 Å². The molecular weight excluding hydrogens is 232 g/mol. The molecule has 0 aliphatic heterocycles. The van der Waals surface area contributed by atoms with Crippen LogP contribution in [0.5, 0.6) is 0 Å². The van der Waals surface area contributed by atoms with Crippen LogP contribution in [0.1, 0.15) is 84.0 Å². The van der Waals surface area contributed by atoms with Crippen molar-refractivity contribution in [1.82, 2.24) is 0 Å². The summed E-state index contributed by atoms with van der Waals surface area (Å²) in [4.78, 5) is 0. The first-order valence-electron chi connectivity index (χ1n) is 8.90. The average Bonchev–Trinajstić information content (AvgIpc) is 2.36. The minimum Gasteiger partial charge on any atom is -0.393 e. The highest BCUT2D eigenvalue weighted by atomic mass is 16.3. The Labute approximate surface area is 119 Å². The number of aliphatic hydroxyl groups is 1. The van der Waals surface area contributed by atoms with E-state index in [0.717, 1.165) is 24.2 Å². The maximum absolute atomic E-state index is 10.8. The van der Waals surface area contributed by atoms with E-state index in [1.807, 2.05) is 0 Å². The van der Waals surface area contributed by atoms with Crippen LogP contribution in [0.2, 0.25) is 0 Å². The lowest BCUT2D eigenvalue weighted by atomic mass is 9.48. The largest absolute Gasteiger partial charge is 0.393 e. The molecule has 1 nitrogen and oxygen atoms in total. The van der Waals surface area contributed by atoms with Gasteiger partial charge >= 0.3 is 0 Å². The van der Waals surface area contributed by atoms with Gasteiger partial charge in [-0.25, -0.2) is 0 Å². The van der Waals surface area contributed by atoms with E-state index in [9.17, 15) is 5.11 Å². The van der Waals surface area contributed by atoms with Crippen LogP contribution in [0, 0.1) is 23.2 Å². The summed E-state index contributed by atoms with van der Waals surface area (Å²) in [6, 6.07) is 0. The van der Waals surface area contributed by atoms with E-state index in [-0.39, 0.29) is 6.10 Å². The van der Waals surface area contributed by atoms with Crippen molar-refractivity contribution in [3.63, 3.8) is 0 Å². The van der Waals surface area contributed by atoms with E-state index < -0.39 is 0 Å². The Morgan fingerprint density at radius 1 is 0.895 bits per heavy atom. The highest BCUT2D eigenvalue weighted by Gasteiger charge is 2.53. The maximum atomic E-state index is 10.8. The molecule has 0 saturated heterocycles. The van der Waals surface area contributed by atoms with Crippen LogP contribution in [0.3, 0.4) is 0 Å². The summed E-state index contributed by atoms with van der Waals surface area (Å²) >= 11 is 0. The third-order valence-corrected chi connectivity index (χ3v) is 6.37. The Balaban J connectivity index is 1.50. The van der Waals surface area contributed by atoms with Gasteiger partial charge in [0, 0.05) is 0 Å². The van der Waals surface area contributed by atoms with Crippen LogP contribution in [-0.2, 0) is 0 Å². The number of unbranched alkanes of at least 4 members (excludes halogenated alkanes) is 4. The van der Waals surface area contributed by atoms with Crippen molar-refractivity contribution in [3.05, 3.63) is 0 Å². The number of hydrogen-bond acceptors (Lipinski definition) is 1. The minimum atomic E-state index is 0.0162. The van der Waals surface area contributed by atoms with Gasteiger partial charge in [0.2, 0.25) is 0 Å². The number of hydrogen-bond donors (Lipinski definition) is 1. The van der Waals surface area contributed by atoms with Crippen molar-refractivity contribution in [2.75, 3.05) is 0 Å². The fourth-order valence-electron chi connectivity index (χ4n) is 5.83. The average molecular weight is 264 g/mol. The highest BCUT2D eigenvalue weighted by molar-refractivity contribution is 5.04. The Morgan fingerprint density at radius 2 is 1.42 bits per heavy atom. The predicted molar refractivity (Wildman–Crippen MR) is 80.0 cm³/mol. The van der Waals surface area contributed by atoms with Gasteiger partial charge in [0.25, 0.3) is 0 Å². The first-order valence-corrected chi connectivity index (χ1v) is 8.90. The number of aliphatic hydroxyl groups excluding tert-OH is 1. The lowest BCUT2D eigenvalue weighted by Gasteiger charge is -2.58. The molecule has 4 rings (SSSR count). The third-order valence-electron chi connectivity index (χ3n) is 6.37. The van der Waals surface area contributed by atoms with E-state index in [0.29, 0.717) is 5.41 Å². The second kappa shape index (κ2) is 5.76. The van der Waals surface area contributed by atoms with Crippen molar-refractivity contribution in [2.45, 2.75) is 90.1 Å². The minimum absolute atomic E-state index is 0.0162.